The van der Waals surface area contributed by atoms with Gasteiger partial charge in [-0.25, -0.2) is 14.0 Å². The summed E-state index contributed by atoms with van der Waals surface area (Å²) < 4.78 is 3.78. The van der Waals surface area contributed by atoms with E-state index in [1.54, 1.807) is 24.5 Å². The first-order valence-electron chi connectivity index (χ1n) is 7.50. The van der Waals surface area contributed by atoms with Crippen molar-refractivity contribution in [2.24, 2.45) is 0 Å². The van der Waals surface area contributed by atoms with E-state index in [9.17, 15) is 14.4 Å². The van der Waals surface area contributed by atoms with Crippen LogP contribution in [0.15, 0.2) is 58.5 Å². The summed E-state index contributed by atoms with van der Waals surface area (Å²) in [5, 5.41) is 14.7. The Morgan fingerprint density at radius 1 is 1.00 bits per heavy atom. The fourth-order valence-electron chi connectivity index (χ4n) is 2.13. The number of aromatic nitrogens is 6. The minimum atomic E-state index is -0.396. The molecule has 25 heavy (non-hydrogen) atoms. The van der Waals surface area contributed by atoms with Gasteiger partial charge >= 0.3 is 0 Å². The summed E-state index contributed by atoms with van der Waals surface area (Å²) in [4.78, 5) is 35.4. The summed E-state index contributed by atoms with van der Waals surface area (Å²) in [7, 11) is 0. The summed E-state index contributed by atoms with van der Waals surface area (Å²) in [6.07, 6.45) is 4.76. The maximum atomic E-state index is 12.0. The van der Waals surface area contributed by atoms with Gasteiger partial charge in [0.05, 0.1) is 6.54 Å². The van der Waals surface area contributed by atoms with Crippen molar-refractivity contribution >= 4 is 5.91 Å². The van der Waals surface area contributed by atoms with Crippen LogP contribution in [-0.2, 0) is 17.9 Å². The molecule has 128 valence electrons. The van der Waals surface area contributed by atoms with Gasteiger partial charge < -0.3 is 5.32 Å². The zero-order chi connectivity index (χ0) is 17.6. The molecule has 1 N–H and O–H groups in total. The van der Waals surface area contributed by atoms with E-state index in [0.717, 1.165) is 4.68 Å². The highest BCUT2D eigenvalue weighted by Crippen LogP contribution is 1.98. The molecule has 0 saturated carbocycles. The summed E-state index contributed by atoms with van der Waals surface area (Å²) in [5.74, 6) is 0.0358. The van der Waals surface area contributed by atoms with E-state index in [1.807, 2.05) is 0 Å². The van der Waals surface area contributed by atoms with Crippen molar-refractivity contribution in [1.82, 2.24) is 34.7 Å². The van der Waals surface area contributed by atoms with Crippen LogP contribution >= 0.6 is 0 Å². The summed E-state index contributed by atoms with van der Waals surface area (Å²) >= 11 is 0. The van der Waals surface area contributed by atoms with E-state index in [1.165, 1.54) is 33.8 Å². The number of hydrogen-bond acceptors (Lipinski definition) is 6. The molecule has 0 radical (unpaired) electrons. The molecule has 3 rings (SSSR count). The van der Waals surface area contributed by atoms with E-state index in [0.29, 0.717) is 5.82 Å². The van der Waals surface area contributed by atoms with Gasteiger partial charge in [-0.2, -0.15) is 10.2 Å². The van der Waals surface area contributed by atoms with Crippen molar-refractivity contribution in [3.8, 4) is 5.82 Å². The third-order valence-electron chi connectivity index (χ3n) is 3.32. The molecule has 0 spiro atoms. The SMILES string of the molecule is O=C(Cn1nc(-n2cccn2)ccc1=O)NCCn1ncccc1=O. The Balaban J connectivity index is 1.61. The highest BCUT2D eigenvalue weighted by molar-refractivity contribution is 5.75. The molecule has 3 aromatic rings. The standard InChI is InChI=1S/C15H15N7O3/c23-13(16-8-10-21-14(24)3-1-6-18-21)11-22-15(25)5-4-12(19-22)20-9-2-7-17-20/h1-7,9H,8,10-11H2,(H,16,23). The third-order valence-corrected chi connectivity index (χ3v) is 3.32. The molecular weight excluding hydrogens is 326 g/mol. The number of hydrogen-bond donors (Lipinski definition) is 1. The van der Waals surface area contributed by atoms with E-state index in [2.05, 4.69) is 20.6 Å². The highest BCUT2D eigenvalue weighted by atomic mass is 16.2. The second-order valence-corrected chi connectivity index (χ2v) is 5.07. The van der Waals surface area contributed by atoms with Crippen molar-refractivity contribution < 1.29 is 4.79 Å². The van der Waals surface area contributed by atoms with E-state index in [4.69, 9.17) is 0 Å². The zero-order valence-electron chi connectivity index (χ0n) is 13.1. The Hall–Kier alpha value is -3.56. The van der Waals surface area contributed by atoms with Gasteiger partial charge in [-0.3, -0.25) is 14.4 Å². The van der Waals surface area contributed by atoms with Crippen molar-refractivity contribution in [1.29, 1.82) is 0 Å². The van der Waals surface area contributed by atoms with Gasteiger partial charge in [0.25, 0.3) is 11.1 Å². The first kappa shape index (κ1) is 16.3. The van der Waals surface area contributed by atoms with E-state index < -0.39 is 11.5 Å². The summed E-state index contributed by atoms with van der Waals surface area (Å²) in [6, 6.07) is 7.51. The molecule has 0 fully saturated rings. The van der Waals surface area contributed by atoms with Crippen LogP contribution in [-0.4, -0.2) is 41.8 Å². The monoisotopic (exact) mass is 341 g/mol. The number of nitrogens with zero attached hydrogens (tertiary/aromatic N) is 6. The number of carbonyl (C=O) groups is 1. The molecule has 10 heteroatoms. The van der Waals surface area contributed by atoms with Crippen LogP contribution in [0.4, 0.5) is 0 Å². The molecule has 0 atom stereocenters. The lowest BCUT2D eigenvalue weighted by molar-refractivity contribution is -0.121. The van der Waals surface area contributed by atoms with Crippen molar-refractivity contribution in [3.63, 3.8) is 0 Å². The average molecular weight is 341 g/mol. The topological polar surface area (TPSA) is 117 Å². The quantitative estimate of drug-likeness (QED) is 0.602. The normalized spacial score (nSPS) is 10.6. The van der Waals surface area contributed by atoms with Crippen LogP contribution in [0.25, 0.3) is 5.82 Å². The van der Waals surface area contributed by atoms with E-state index >= 15 is 0 Å². The van der Waals surface area contributed by atoms with Gasteiger partial charge in [0.2, 0.25) is 5.91 Å². The maximum Gasteiger partial charge on any atom is 0.267 e. The fraction of sp³-hybridized carbons (Fsp3) is 0.200. The third kappa shape index (κ3) is 4.05. The van der Waals surface area contributed by atoms with Crippen LogP contribution in [0.3, 0.4) is 0 Å². The first-order valence-corrected chi connectivity index (χ1v) is 7.50. The zero-order valence-corrected chi connectivity index (χ0v) is 13.1. The smallest absolute Gasteiger partial charge is 0.267 e. The maximum absolute atomic E-state index is 12.0. The molecule has 0 aliphatic heterocycles. The Bertz CT molecular complexity index is 975. The van der Waals surface area contributed by atoms with Crippen molar-refractivity contribution in [2.45, 2.75) is 13.1 Å². The number of carbonyl (C=O) groups excluding carboxylic acids is 1. The lowest BCUT2D eigenvalue weighted by Gasteiger charge is -2.08. The second-order valence-electron chi connectivity index (χ2n) is 5.07. The number of nitrogens with one attached hydrogen (secondary N) is 1. The Morgan fingerprint density at radius 3 is 2.56 bits per heavy atom. The largest absolute Gasteiger partial charge is 0.353 e. The van der Waals surface area contributed by atoms with Crippen LogP contribution in [0.2, 0.25) is 0 Å². The number of rotatable bonds is 6. The molecule has 0 saturated heterocycles. The van der Waals surface area contributed by atoms with Crippen LogP contribution in [0.1, 0.15) is 0 Å². The van der Waals surface area contributed by atoms with Gasteiger partial charge in [-0.15, -0.1) is 5.10 Å². The second kappa shape index (κ2) is 7.34. The van der Waals surface area contributed by atoms with Gasteiger partial charge in [0.15, 0.2) is 5.82 Å². The molecular formula is C15H15N7O3. The van der Waals surface area contributed by atoms with Crippen LogP contribution in [0, 0.1) is 0 Å². The number of amides is 1. The first-order chi connectivity index (χ1) is 12.1. The molecule has 0 aliphatic carbocycles. The van der Waals surface area contributed by atoms with Gasteiger partial charge in [-0.05, 0) is 18.2 Å². The summed E-state index contributed by atoms with van der Waals surface area (Å²) in [6.45, 7) is 0.218. The predicted molar refractivity (Wildman–Crippen MR) is 87.1 cm³/mol. The molecule has 0 unspecified atom stereocenters. The lowest BCUT2D eigenvalue weighted by atomic mass is 10.5. The van der Waals surface area contributed by atoms with Crippen LogP contribution < -0.4 is 16.4 Å². The van der Waals surface area contributed by atoms with Crippen molar-refractivity contribution in [3.05, 3.63) is 69.6 Å². The Labute approximate surface area is 141 Å². The Morgan fingerprint density at radius 2 is 1.80 bits per heavy atom. The Kier molecular flexibility index (Phi) is 4.79. The molecule has 10 nitrogen and oxygen atoms in total. The summed E-state index contributed by atoms with van der Waals surface area (Å²) in [5.41, 5.74) is -0.645. The molecule has 0 bridgehead atoms. The van der Waals surface area contributed by atoms with Gasteiger partial charge in [0, 0.05) is 37.3 Å². The average Bonchev–Trinajstić information content (AvgIpc) is 3.13. The van der Waals surface area contributed by atoms with Crippen molar-refractivity contribution in [2.75, 3.05) is 6.54 Å². The molecule has 0 aromatic carbocycles. The minimum Gasteiger partial charge on any atom is -0.353 e. The minimum absolute atomic E-state index is 0.212. The lowest BCUT2D eigenvalue weighted by Crippen LogP contribution is -2.36. The highest BCUT2D eigenvalue weighted by Gasteiger charge is 2.08. The predicted octanol–water partition coefficient (Wildman–Crippen LogP) is -1.20. The molecule has 3 aromatic heterocycles. The fourth-order valence-corrected chi connectivity index (χ4v) is 2.13. The van der Waals surface area contributed by atoms with E-state index in [-0.39, 0.29) is 25.2 Å². The molecule has 3 heterocycles. The van der Waals surface area contributed by atoms with Gasteiger partial charge in [0.1, 0.15) is 6.54 Å². The van der Waals surface area contributed by atoms with Gasteiger partial charge in [-0.1, -0.05) is 0 Å². The molecule has 0 aliphatic rings. The van der Waals surface area contributed by atoms with Crippen LogP contribution in [0.5, 0.6) is 0 Å². The molecule has 1 amide bonds.